The number of rotatable bonds is 3. The predicted molar refractivity (Wildman–Crippen MR) is 86.9 cm³/mol. The minimum Gasteiger partial charge on any atom is -0.454 e. The number of benzene rings is 2. The number of pyridine rings is 1. The molecule has 3 aromatic rings. The van der Waals surface area contributed by atoms with Crippen LogP contribution in [0.4, 0.5) is 0 Å². The summed E-state index contributed by atoms with van der Waals surface area (Å²) in [6.45, 7) is -0.00961. The summed E-state index contributed by atoms with van der Waals surface area (Å²) < 4.78 is 6.70. The minimum absolute atomic E-state index is 0.00961. The van der Waals surface area contributed by atoms with Gasteiger partial charge in [0.15, 0.2) is 5.75 Å². The fourth-order valence-corrected chi connectivity index (χ4v) is 2.76. The van der Waals surface area contributed by atoms with E-state index in [4.69, 9.17) is 21.4 Å². The number of aromatic nitrogens is 1. The van der Waals surface area contributed by atoms with E-state index in [-0.39, 0.29) is 6.61 Å². The van der Waals surface area contributed by atoms with Gasteiger partial charge in [0, 0.05) is 11.6 Å². The maximum absolute atomic E-state index is 9.13. The Labute approximate surface area is 135 Å². The maximum Gasteiger partial charge on any atom is 0.153 e. The van der Waals surface area contributed by atoms with Gasteiger partial charge in [-0.3, -0.25) is 4.98 Å². The summed E-state index contributed by atoms with van der Waals surface area (Å²) in [5.41, 5.74) is 1.52. The molecule has 0 aliphatic rings. The number of nitrogens with zero attached hydrogens (tertiary/aromatic N) is 1. The van der Waals surface area contributed by atoms with E-state index in [0.717, 1.165) is 15.4 Å². The summed E-state index contributed by atoms with van der Waals surface area (Å²) in [6.07, 6.45) is 1.70. The zero-order chi connectivity index (χ0) is 14.8. The van der Waals surface area contributed by atoms with Crippen LogP contribution in [0, 0.1) is 0 Å². The van der Waals surface area contributed by atoms with Crippen LogP contribution in [0.15, 0.2) is 53.1 Å². The third kappa shape index (κ3) is 2.88. The maximum atomic E-state index is 9.13. The third-order valence-corrected chi connectivity index (χ3v) is 4.03. The van der Waals surface area contributed by atoms with Gasteiger partial charge in [0.25, 0.3) is 0 Å². The molecule has 0 fully saturated rings. The van der Waals surface area contributed by atoms with Crippen molar-refractivity contribution in [2.45, 2.75) is 6.61 Å². The second kappa shape index (κ2) is 6.02. The molecule has 3 nitrogen and oxygen atoms in total. The van der Waals surface area contributed by atoms with Gasteiger partial charge in [-0.1, -0.05) is 17.7 Å². The average molecular weight is 365 g/mol. The zero-order valence-electron chi connectivity index (χ0n) is 10.9. The van der Waals surface area contributed by atoms with E-state index in [1.165, 1.54) is 0 Å². The molecule has 1 heterocycles. The monoisotopic (exact) mass is 363 g/mol. The Morgan fingerprint density at radius 1 is 1.14 bits per heavy atom. The molecule has 0 aliphatic carbocycles. The summed E-state index contributed by atoms with van der Waals surface area (Å²) in [5.74, 6) is 1.29. The van der Waals surface area contributed by atoms with E-state index in [1.54, 1.807) is 24.4 Å². The topological polar surface area (TPSA) is 42.4 Å². The number of hydrogen-bond acceptors (Lipinski definition) is 3. The molecule has 0 radical (unpaired) electrons. The first-order chi connectivity index (χ1) is 10.2. The molecule has 0 spiro atoms. The molecule has 106 valence electrons. The normalized spacial score (nSPS) is 10.8. The van der Waals surface area contributed by atoms with Crippen molar-refractivity contribution in [2.24, 2.45) is 0 Å². The van der Waals surface area contributed by atoms with E-state index in [2.05, 4.69) is 20.9 Å². The van der Waals surface area contributed by atoms with Crippen LogP contribution in [0.25, 0.3) is 10.9 Å². The second-order valence-corrected chi connectivity index (χ2v) is 5.73. The average Bonchev–Trinajstić information content (AvgIpc) is 2.52. The molecule has 0 bridgehead atoms. The van der Waals surface area contributed by atoms with Gasteiger partial charge in [-0.2, -0.15) is 0 Å². The standard InChI is InChI=1S/C16H11BrClNO2/c17-12-8-10(9-20)3-5-14(12)21-15-6-4-13(18)11-2-1-7-19-16(11)15/h1-8,20H,9H2. The predicted octanol–water partition coefficient (Wildman–Crippen LogP) is 4.94. The van der Waals surface area contributed by atoms with Gasteiger partial charge in [-0.25, -0.2) is 0 Å². The number of aliphatic hydroxyl groups is 1. The molecule has 2 aromatic carbocycles. The molecule has 21 heavy (non-hydrogen) atoms. The molecule has 0 amide bonds. The minimum atomic E-state index is -0.00961. The lowest BCUT2D eigenvalue weighted by Crippen LogP contribution is -1.91. The number of aliphatic hydroxyl groups excluding tert-OH is 1. The molecule has 0 saturated heterocycles. The Morgan fingerprint density at radius 2 is 1.95 bits per heavy atom. The zero-order valence-corrected chi connectivity index (χ0v) is 13.2. The third-order valence-electron chi connectivity index (χ3n) is 3.08. The van der Waals surface area contributed by atoms with Crippen LogP contribution in [0.1, 0.15) is 5.56 Å². The summed E-state index contributed by atoms with van der Waals surface area (Å²) in [4.78, 5) is 4.34. The Balaban J connectivity index is 2.04. The molecule has 1 aromatic heterocycles. The number of halogens is 2. The van der Waals surface area contributed by atoms with E-state index in [0.29, 0.717) is 22.0 Å². The Hall–Kier alpha value is -1.62. The molecule has 0 atom stereocenters. The van der Waals surface area contributed by atoms with Crippen molar-refractivity contribution in [1.29, 1.82) is 0 Å². The van der Waals surface area contributed by atoms with Gasteiger partial charge in [0.1, 0.15) is 11.3 Å². The van der Waals surface area contributed by atoms with Crippen molar-refractivity contribution in [1.82, 2.24) is 4.98 Å². The highest BCUT2D eigenvalue weighted by molar-refractivity contribution is 9.10. The molecule has 0 saturated carbocycles. The quantitative estimate of drug-likeness (QED) is 0.716. The van der Waals surface area contributed by atoms with Gasteiger partial charge >= 0.3 is 0 Å². The van der Waals surface area contributed by atoms with Crippen molar-refractivity contribution < 1.29 is 9.84 Å². The van der Waals surface area contributed by atoms with Crippen molar-refractivity contribution in [2.75, 3.05) is 0 Å². The lowest BCUT2D eigenvalue weighted by atomic mass is 10.2. The van der Waals surface area contributed by atoms with Crippen LogP contribution in [0.2, 0.25) is 5.02 Å². The molecule has 1 N–H and O–H groups in total. The molecular weight excluding hydrogens is 354 g/mol. The largest absolute Gasteiger partial charge is 0.454 e. The van der Waals surface area contributed by atoms with E-state index < -0.39 is 0 Å². The van der Waals surface area contributed by atoms with Crippen molar-refractivity contribution in [3.8, 4) is 11.5 Å². The van der Waals surface area contributed by atoms with Crippen LogP contribution >= 0.6 is 27.5 Å². The lowest BCUT2D eigenvalue weighted by molar-refractivity contribution is 0.281. The van der Waals surface area contributed by atoms with Crippen molar-refractivity contribution >= 4 is 38.4 Å². The van der Waals surface area contributed by atoms with Gasteiger partial charge in [-0.05, 0) is 57.9 Å². The highest BCUT2D eigenvalue weighted by Gasteiger charge is 2.10. The molecule has 0 unspecified atom stereocenters. The van der Waals surface area contributed by atoms with Gasteiger partial charge in [0.2, 0.25) is 0 Å². The first-order valence-electron chi connectivity index (χ1n) is 6.29. The van der Waals surface area contributed by atoms with Crippen molar-refractivity contribution in [3.05, 3.63) is 63.7 Å². The molecule has 5 heteroatoms. The molecular formula is C16H11BrClNO2. The number of hydrogen-bond donors (Lipinski definition) is 1. The first-order valence-corrected chi connectivity index (χ1v) is 7.46. The Bertz CT molecular complexity index is 807. The Kier molecular flexibility index (Phi) is 4.10. The van der Waals surface area contributed by atoms with E-state index >= 15 is 0 Å². The van der Waals surface area contributed by atoms with Gasteiger partial charge in [-0.15, -0.1) is 0 Å². The summed E-state index contributed by atoms with van der Waals surface area (Å²) in [5, 5.41) is 10.6. The smallest absolute Gasteiger partial charge is 0.153 e. The van der Waals surface area contributed by atoms with Crippen molar-refractivity contribution in [3.63, 3.8) is 0 Å². The van der Waals surface area contributed by atoms with E-state index in [1.807, 2.05) is 24.3 Å². The van der Waals surface area contributed by atoms with E-state index in [9.17, 15) is 0 Å². The van der Waals surface area contributed by atoms with Crippen LogP contribution in [0.5, 0.6) is 11.5 Å². The molecule has 3 rings (SSSR count). The van der Waals surface area contributed by atoms with Crippen LogP contribution in [0.3, 0.4) is 0 Å². The summed E-state index contributed by atoms with van der Waals surface area (Å²) in [7, 11) is 0. The summed E-state index contributed by atoms with van der Waals surface area (Å²) in [6, 6.07) is 12.8. The van der Waals surface area contributed by atoms with Crippen LogP contribution in [-0.4, -0.2) is 10.1 Å². The first kappa shape index (κ1) is 14.3. The highest BCUT2D eigenvalue weighted by Crippen LogP contribution is 2.35. The Morgan fingerprint density at radius 3 is 2.71 bits per heavy atom. The fraction of sp³-hybridized carbons (Fsp3) is 0.0625. The highest BCUT2D eigenvalue weighted by atomic mass is 79.9. The summed E-state index contributed by atoms with van der Waals surface area (Å²) >= 11 is 9.61. The van der Waals surface area contributed by atoms with Gasteiger partial charge in [0.05, 0.1) is 16.1 Å². The van der Waals surface area contributed by atoms with Crippen LogP contribution in [-0.2, 0) is 6.61 Å². The lowest BCUT2D eigenvalue weighted by Gasteiger charge is -2.11. The number of ether oxygens (including phenoxy) is 1. The second-order valence-electron chi connectivity index (χ2n) is 4.47. The molecule has 0 aliphatic heterocycles. The van der Waals surface area contributed by atoms with Crippen LogP contribution < -0.4 is 4.74 Å². The number of fused-ring (bicyclic) bond motifs is 1. The SMILES string of the molecule is OCc1ccc(Oc2ccc(Cl)c3cccnc23)c(Br)c1. The fourth-order valence-electron chi connectivity index (χ4n) is 2.04. The van der Waals surface area contributed by atoms with Gasteiger partial charge < -0.3 is 9.84 Å².